The van der Waals surface area contributed by atoms with Gasteiger partial charge in [0.15, 0.2) is 6.10 Å². The van der Waals surface area contributed by atoms with E-state index in [1.807, 2.05) is 0 Å². The molecule has 0 rings (SSSR count). The van der Waals surface area contributed by atoms with Gasteiger partial charge in [-0.25, -0.2) is 0 Å². The standard InChI is InChI=1S/C77H144O6/c1-4-7-10-13-16-19-22-25-28-29-30-31-32-33-34-35-36-37-38-39-40-41-42-43-44-45-46-47-50-52-55-58-61-64-67-70-76(79)82-73-74(83-77(80)71-68-65-62-59-56-53-49-27-24-21-18-15-12-9-6-3)72-81-75(78)69-66-63-60-57-54-51-48-26-23-20-17-14-11-8-5-2/h22,25,27,29-30,49,74H,4-21,23-24,26,28,31-48,50-73H2,1-3H3/b25-22-,30-29-,49-27-. The number of rotatable bonds is 70. The van der Waals surface area contributed by atoms with E-state index < -0.39 is 6.10 Å². The van der Waals surface area contributed by atoms with E-state index in [0.29, 0.717) is 19.3 Å². The van der Waals surface area contributed by atoms with Crippen LogP contribution in [0.1, 0.15) is 419 Å². The zero-order chi connectivity index (χ0) is 59.9. The van der Waals surface area contributed by atoms with Crippen molar-refractivity contribution in [1.82, 2.24) is 0 Å². The molecule has 0 aliphatic rings. The van der Waals surface area contributed by atoms with Gasteiger partial charge in [0.2, 0.25) is 0 Å². The number of hydrogen-bond acceptors (Lipinski definition) is 6. The molecule has 0 aliphatic heterocycles. The Morgan fingerprint density at radius 1 is 0.241 bits per heavy atom. The molecule has 1 atom stereocenters. The molecular weight excluding hydrogens is 1020 g/mol. The summed E-state index contributed by atoms with van der Waals surface area (Å²) in [4.78, 5) is 38.4. The molecule has 0 radical (unpaired) electrons. The van der Waals surface area contributed by atoms with E-state index in [9.17, 15) is 14.4 Å². The van der Waals surface area contributed by atoms with Gasteiger partial charge in [0.05, 0.1) is 0 Å². The van der Waals surface area contributed by atoms with Crippen LogP contribution in [0.25, 0.3) is 0 Å². The molecule has 0 heterocycles. The maximum Gasteiger partial charge on any atom is 0.306 e. The molecule has 488 valence electrons. The highest BCUT2D eigenvalue weighted by Gasteiger charge is 2.20. The largest absolute Gasteiger partial charge is 0.462 e. The minimum absolute atomic E-state index is 0.0686. The molecule has 0 saturated carbocycles. The van der Waals surface area contributed by atoms with Crippen LogP contribution >= 0.6 is 0 Å². The molecule has 6 nitrogen and oxygen atoms in total. The second-order valence-electron chi connectivity index (χ2n) is 25.6. The zero-order valence-corrected chi connectivity index (χ0v) is 56.2. The summed E-state index contributed by atoms with van der Waals surface area (Å²) >= 11 is 0. The highest BCUT2D eigenvalue weighted by Crippen LogP contribution is 2.19. The van der Waals surface area contributed by atoms with Crippen LogP contribution in [0.4, 0.5) is 0 Å². The van der Waals surface area contributed by atoms with Crippen molar-refractivity contribution in [2.45, 2.75) is 425 Å². The van der Waals surface area contributed by atoms with Crippen LogP contribution < -0.4 is 0 Å². The molecule has 0 spiro atoms. The van der Waals surface area contributed by atoms with Crippen molar-refractivity contribution in [3.05, 3.63) is 36.5 Å². The number of carbonyl (C=O) groups excluding carboxylic acids is 3. The van der Waals surface area contributed by atoms with Gasteiger partial charge in [-0.05, 0) is 77.0 Å². The van der Waals surface area contributed by atoms with Crippen LogP contribution in [0.5, 0.6) is 0 Å². The molecule has 1 unspecified atom stereocenters. The second-order valence-corrected chi connectivity index (χ2v) is 25.6. The Labute approximate surface area is 518 Å². The summed E-state index contributed by atoms with van der Waals surface area (Å²) in [7, 11) is 0. The van der Waals surface area contributed by atoms with Crippen molar-refractivity contribution in [3.63, 3.8) is 0 Å². The fraction of sp³-hybridized carbons (Fsp3) is 0.883. The lowest BCUT2D eigenvalue weighted by atomic mass is 10.0. The number of ether oxygens (including phenoxy) is 3. The number of esters is 3. The fourth-order valence-corrected chi connectivity index (χ4v) is 11.5. The monoisotopic (exact) mass is 1170 g/mol. The lowest BCUT2D eigenvalue weighted by molar-refractivity contribution is -0.167. The van der Waals surface area contributed by atoms with Crippen molar-refractivity contribution in [3.8, 4) is 0 Å². The summed E-state index contributed by atoms with van der Waals surface area (Å²) in [5, 5.41) is 0. The van der Waals surface area contributed by atoms with E-state index in [0.717, 1.165) is 70.6 Å². The Balaban J connectivity index is 4.07. The summed E-state index contributed by atoms with van der Waals surface area (Å²) in [6.07, 6.45) is 90.6. The van der Waals surface area contributed by atoms with Gasteiger partial charge in [-0.1, -0.05) is 359 Å². The second kappa shape index (κ2) is 72.1. The first-order chi connectivity index (χ1) is 41.0. The van der Waals surface area contributed by atoms with Crippen molar-refractivity contribution in [2.24, 2.45) is 0 Å². The molecule has 0 fully saturated rings. The Hall–Kier alpha value is -2.37. The maximum absolute atomic E-state index is 12.9. The van der Waals surface area contributed by atoms with Crippen molar-refractivity contribution < 1.29 is 28.6 Å². The first kappa shape index (κ1) is 80.6. The first-order valence-electron chi connectivity index (χ1n) is 37.5. The number of allylic oxidation sites excluding steroid dienone is 6. The Bertz CT molecular complexity index is 1380. The Kier molecular flexibility index (Phi) is 70.0. The molecular formula is C77H144O6. The predicted molar refractivity (Wildman–Crippen MR) is 362 cm³/mol. The highest BCUT2D eigenvalue weighted by molar-refractivity contribution is 5.71. The molecule has 83 heavy (non-hydrogen) atoms. The minimum atomic E-state index is -0.773. The van der Waals surface area contributed by atoms with Crippen LogP contribution in [-0.2, 0) is 28.6 Å². The van der Waals surface area contributed by atoms with Gasteiger partial charge in [0.25, 0.3) is 0 Å². The minimum Gasteiger partial charge on any atom is -0.462 e. The zero-order valence-electron chi connectivity index (χ0n) is 56.2. The third-order valence-electron chi connectivity index (χ3n) is 17.1. The lowest BCUT2D eigenvalue weighted by Crippen LogP contribution is -2.30. The van der Waals surface area contributed by atoms with E-state index in [1.54, 1.807) is 0 Å². The average Bonchev–Trinajstić information content (AvgIpc) is 3.49. The number of carbonyl (C=O) groups is 3. The van der Waals surface area contributed by atoms with Gasteiger partial charge in [-0.2, -0.15) is 0 Å². The van der Waals surface area contributed by atoms with E-state index in [2.05, 4.69) is 57.2 Å². The molecule has 0 amide bonds. The topological polar surface area (TPSA) is 78.9 Å². The Morgan fingerprint density at radius 3 is 0.675 bits per heavy atom. The summed E-state index contributed by atoms with van der Waals surface area (Å²) < 4.78 is 17.0. The molecule has 0 aromatic rings. The average molecular weight is 1170 g/mol. The maximum atomic E-state index is 12.9. The summed E-state index contributed by atoms with van der Waals surface area (Å²) in [5.41, 5.74) is 0. The lowest BCUT2D eigenvalue weighted by Gasteiger charge is -2.18. The van der Waals surface area contributed by atoms with Crippen molar-refractivity contribution >= 4 is 17.9 Å². The van der Waals surface area contributed by atoms with Crippen molar-refractivity contribution in [2.75, 3.05) is 13.2 Å². The Morgan fingerprint density at radius 2 is 0.434 bits per heavy atom. The smallest absolute Gasteiger partial charge is 0.306 e. The molecule has 0 N–H and O–H groups in total. The third kappa shape index (κ3) is 70.3. The SMILES string of the molecule is CCCCCCC/C=C\C/C=C\CCCCCCCCCCCCCCCCCCCCCCCCCC(=O)OCC(COC(=O)CCCCCCCCCCCCCCCCC)OC(=O)CCCCCCC/C=C\CCCCCCCC. The van der Waals surface area contributed by atoms with Crippen LogP contribution in [0, 0.1) is 0 Å². The van der Waals surface area contributed by atoms with Gasteiger partial charge in [-0.3, -0.25) is 14.4 Å². The molecule has 0 aromatic heterocycles. The first-order valence-corrected chi connectivity index (χ1v) is 37.5. The normalized spacial score (nSPS) is 12.2. The van der Waals surface area contributed by atoms with Gasteiger partial charge >= 0.3 is 17.9 Å². The molecule has 0 saturated heterocycles. The van der Waals surface area contributed by atoms with Gasteiger partial charge in [-0.15, -0.1) is 0 Å². The van der Waals surface area contributed by atoms with Gasteiger partial charge in [0.1, 0.15) is 13.2 Å². The fourth-order valence-electron chi connectivity index (χ4n) is 11.5. The van der Waals surface area contributed by atoms with E-state index in [-0.39, 0.29) is 31.1 Å². The van der Waals surface area contributed by atoms with Gasteiger partial charge < -0.3 is 14.2 Å². The van der Waals surface area contributed by atoms with E-state index in [1.165, 1.54) is 308 Å². The molecule has 0 aliphatic carbocycles. The van der Waals surface area contributed by atoms with E-state index >= 15 is 0 Å². The van der Waals surface area contributed by atoms with Crippen LogP contribution in [-0.4, -0.2) is 37.2 Å². The third-order valence-corrected chi connectivity index (χ3v) is 17.1. The van der Waals surface area contributed by atoms with E-state index in [4.69, 9.17) is 14.2 Å². The van der Waals surface area contributed by atoms with Crippen LogP contribution in [0.3, 0.4) is 0 Å². The molecule has 0 aromatic carbocycles. The molecule has 6 heteroatoms. The highest BCUT2D eigenvalue weighted by atomic mass is 16.6. The van der Waals surface area contributed by atoms with Crippen LogP contribution in [0.15, 0.2) is 36.5 Å². The number of hydrogen-bond donors (Lipinski definition) is 0. The van der Waals surface area contributed by atoms with Crippen molar-refractivity contribution in [1.29, 1.82) is 0 Å². The summed E-state index contributed by atoms with van der Waals surface area (Å²) in [6.45, 7) is 6.69. The predicted octanol–water partition coefficient (Wildman–Crippen LogP) is 25.9. The summed E-state index contributed by atoms with van der Waals surface area (Å²) in [5.74, 6) is -0.845. The number of unbranched alkanes of at least 4 members (excludes halogenated alkanes) is 53. The summed E-state index contributed by atoms with van der Waals surface area (Å²) in [6, 6.07) is 0. The quantitative estimate of drug-likeness (QED) is 0.0261. The van der Waals surface area contributed by atoms with Crippen LogP contribution in [0.2, 0.25) is 0 Å². The molecule has 0 bridgehead atoms. The van der Waals surface area contributed by atoms with Gasteiger partial charge in [0, 0.05) is 19.3 Å².